The lowest BCUT2D eigenvalue weighted by Crippen LogP contribution is -2.43. The number of hydrogen-bond acceptors (Lipinski definition) is 3. The van der Waals surface area contributed by atoms with Crippen molar-refractivity contribution < 1.29 is 14.3 Å². The Morgan fingerprint density at radius 3 is 2.43 bits per heavy atom. The van der Waals surface area contributed by atoms with Gasteiger partial charge in [-0.1, -0.05) is 30.3 Å². The number of piperidine rings is 1. The van der Waals surface area contributed by atoms with Crippen molar-refractivity contribution in [1.29, 1.82) is 0 Å². The molecule has 0 bridgehead atoms. The molecule has 0 atom stereocenters. The average Bonchev–Trinajstić information content (AvgIpc) is 2.54. The number of likely N-dealkylation sites (tertiary alicyclic amines) is 1. The second-order valence-electron chi connectivity index (χ2n) is 5.41. The molecule has 2 amide bonds. The van der Waals surface area contributed by atoms with E-state index < -0.39 is 0 Å². The fourth-order valence-electron chi connectivity index (χ4n) is 2.68. The normalized spacial score (nSPS) is 15.6. The monoisotopic (exact) mass is 290 g/mol. The van der Waals surface area contributed by atoms with Crippen LogP contribution in [-0.2, 0) is 16.1 Å². The van der Waals surface area contributed by atoms with Gasteiger partial charge in [-0.15, -0.1) is 0 Å². The van der Waals surface area contributed by atoms with E-state index in [-0.39, 0.29) is 17.9 Å². The zero-order chi connectivity index (χ0) is 15.2. The van der Waals surface area contributed by atoms with E-state index in [9.17, 15) is 9.59 Å². The van der Waals surface area contributed by atoms with Gasteiger partial charge in [-0.25, -0.2) is 4.79 Å². The van der Waals surface area contributed by atoms with Crippen LogP contribution in [0, 0.1) is 5.92 Å². The lowest BCUT2D eigenvalue weighted by atomic mass is 9.95. The van der Waals surface area contributed by atoms with Gasteiger partial charge in [0, 0.05) is 32.6 Å². The van der Waals surface area contributed by atoms with Gasteiger partial charge >= 0.3 is 6.09 Å². The van der Waals surface area contributed by atoms with Gasteiger partial charge < -0.3 is 14.5 Å². The molecule has 0 aromatic heterocycles. The number of ether oxygens (including phenoxy) is 1. The van der Waals surface area contributed by atoms with Crippen LogP contribution in [0.5, 0.6) is 0 Å². The zero-order valence-corrected chi connectivity index (χ0v) is 12.6. The second-order valence-corrected chi connectivity index (χ2v) is 5.41. The minimum atomic E-state index is -0.307. The molecule has 1 aromatic rings. The summed E-state index contributed by atoms with van der Waals surface area (Å²) in [5, 5.41) is 0. The molecule has 0 radical (unpaired) electrons. The number of methoxy groups -OCH3 is 1. The molecule has 1 aliphatic rings. The molecule has 0 aliphatic carbocycles. The number of carbonyl (C=O) groups is 2. The standard InChI is InChI=1S/C16H22N2O3/c1-17(12-13-6-4-3-5-7-13)15(19)14-8-10-18(11-9-14)16(20)21-2/h3-7,14H,8-12H2,1-2H3. The number of carbonyl (C=O) groups excluding carboxylic acids is 2. The van der Waals surface area contributed by atoms with Crippen LogP contribution in [-0.4, -0.2) is 49.0 Å². The lowest BCUT2D eigenvalue weighted by Gasteiger charge is -2.32. The molecule has 1 aromatic carbocycles. The zero-order valence-electron chi connectivity index (χ0n) is 12.6. The summed E-state index contributed by atoms with van der Waals surface area (Å²) in [7, 11) is 3.22. The van der Waals surface area contributed by atoms with E-state index in [0.717, 1.165) is 5.56 Å². The average molecular weight is 290 g/mol. The van der Waals surface area contributed by atoms with Crippen molar-refractivity contribution in [3.05, 3.63) is 35.9 Å². The van der Waals surface area contributed by atoms with Gasteiger partial charge in [-0.2, -0.15) is 0 Å². The maximum Gasteiger partial charge on any atom is 0.409 e. The highest BCUT2D eigenvalue weighted by Crippen LogP contribution is 2.20. The first kappa shape index (κ1) is 15.4. The van der Waals surface area contributed by atoms with Gasteiger partial charge in [-0.05, 0) is 18.4 Å². The number of hydrogen-bond donors (Lipinski definition) is 0. The highest BCUT2D eigenvalue weighted by Gasteiger charge is 2.29. The number of rotatable bonds is 3. The van der Waals surface area contributed by atoms with E-state index in [1.54, 1.807) is 9.80 Å². The Morgan fingerprint density at radius 2 is 1.86 bits per heavy atom. The van der Waals surface area contributed by atoms with Gasteiger partial charge in [0.2, 0.25) is 5.91 Å². The van der Waals surface area contributed by atoms with Crippen LogP contribution >= 0.6 is 0 Å². The quantitative estimate of drug-likeness (QED) is 0.857. The SMILES string of the molecule is COC(=O)N1CCC(C(=O)N(C)Cc2ccccc2)CC1. The highest BCUT2D eigenvalue weighted by atomic mass is 16.5. The summed E-state index contributed by atoms with van der Waals surface area (Å²) in [6.45, 7) is 1.79. The molecular weight excluding hydrogens is 268 g/mol. The second kappa shape index (κ2) is 7.11. The van der Waals surface area contributed by atoms with Crippen molar-refractivity contribution in [2.75, 3.05) is 27.2 Å². The molecule has 1 aliphatic heterocycles. The van der Waals surface area contributed by atoms with Crippen molar-refractivity contribution >= 4 is 12.0 Å². The fraction of sp³-hybridized carbons (Fsp3) is 0.500. The number of nitrogens with zero attached hydrogens (tertiary/aromatic N) is 2. The Morgan fingerprint density at radius 1 is 1.24 bits per heavy atom. The minimum absolute atomic E-state index is 0.000353. The Labute approximate surface area is 125 Å². The van der Waals surface area contributed by atoms with E-state index >= 15 is 0 Å². The topological polar surface area (TPSA) is 49.9 Å². The summed E-state index contributed by atoms with van der Waals surface area (Å²) in [6.07, 6.45) is 1.10. The minimum Gasteiger partial charge on any atom is -0.453 e. The molecule has 0 unspecified atom stereocenters. The summed E-state index contributed by atoms with van der Waals surface area (Å²) in [5.74, 6) is 0.156. The smallest absolute Gasteiger partial charge is 0.409 e. The van der Waals surface area contributed by atoms with Crippen LogP contribution in [0.4, 0.5) is 4.79 Å². The van der Waals surface area contributed by atoms with Crippen LogP contribution in [0.25, 0.3) is 0 Å². The molecular formula is C16H22N2O3. The molecule has 2 rings (SSSR count). The maximum atomic E-state index is 12.4. The van der Waals surface area contributed by atoms with Crippen LogP contribution in [0.15, 0.2) is 30.3 Å². The summed E-state index contributed by atoms with van der Waals surface area (Å²) >= 11 is 0. The van der Waals surface area contributed by atoms with Crippen molar-refractivity contribution in [3.8, 4) is 0 Å². The first-order valence-corrected chi connectivity index (χ1v) is 7.23. The molecule has 21 heavy (non-hydrogen) atoms. The predicted octanol–water partition coefficient (Wildman–Crippen LogP) is 2.12. The lowest BCUT2D eigenvalue weighted by molar-refractivity contribution is -0.136. The summed E-state index contributed by atoms with van der Waals surface area (Å²) in [5.41, 5.74) is 1.13. The van der Waals surface area contributed by atoms with E-state index in [1.807, 2.05) is 37.4 Å². The van der Waals surface area contributed by atoms with Crippen LogP contribution in [0.2, 0.25) is 0 Å². The first-order valence-electron chi connectivity index (χ1n) is 7.23. The van der Waals surface area contributed by atoms with E-state index in [0.29, 0.717) is 32.5 Å². The first-order chi connectivity index (χ1) is 10.1. The molecule has 1 saturated heterocycles. The molecule has 5 nitrogen and oxygen atoms in total. The van der Waals surface area contributed by atoms with Crippen molar-refractivity contribution in [3.63, 3.8) is 0 Å². The van der Waals surface area contributed by atoms with E-state index in [2.05, 4.69) is 0 Å². The Balaban J connectivity index is 1.85. The third-order valence-corrected chi connectivity index (χ3v) is 3.92. The third kappa shape index (κ3) is 3.97. The summed E-state index contributed by atoms with van der Waals surface area (Å²) in [6, 6.07) is 9.95. The highest BCUT2D eigenvalue weighted by molar-refractivity contribution is 5.79. The molecule has 1 heterocycles. The molecule has 0 spiro atoms. The molecule has 0 N–H and O–H groups in total. The Hall–Kier alpha value is -2.04. The van der Waals surface area contributed by atoms with E-state index in [1.165, 1.54) is 7.11 Å². The van der Waals surface area contributed by atoms with Crippen molar-refractivity contribution in [2.45, 2.75) is 19.4 Å². The molecule has 114 valence electrons. The molecule has 5 heteroatoms. The van der Waals surface area contributed by atoms with Gasteiger partial charge in [0.25, 0.3) is 0 Å². The largest absolute Gasteiger partial charge is 0.453 e. The van der Waals surface area contributed by atoms with Gasteiger partial charge in [0.1, 0.15) is 0 Å². The van der Waals surface area contributed by atoms with E-state index in [4.69, 9.17) is 4.74 Å². The molecule has 0 saturated carbocycles. The fourth-order valence-corrected chi connectivity index (χ4v) is 2.68. The number of benzene rings is 1. The Bertz CT molecular complexity index is 482. The molecule has 1 fully saturated rings. The van der Waals surface area contributed by atoms with Gasteiger partial charge in [0.15, 0.2) is 0 Å². The predicted molar refractivity (Wildman–Crippen MR) is 79.6 cm³/mol. The van der Waals surface area contributed by atoms with Crippen LogP contribution < -0.4 is 0 Å². The van der Waals surface area contributed by atoms with Crippen LogP contribution in [0.3, 0.4) is 0 Å². The summed E-state index contributed by atoms with van der Waals surface area (Å²) < 4.78 is 4.70. The Kier molecular flexibility index (Phi) is 5.20. The van der Waals surface area contributed by atoms with Crippen molar-refractivity contribution in [2.24, 2.45) is 5.92 Å². The number of amides is 2. The van der Waals surface area contributed by atoms with Gasteiger partial charge in [-0.3, -0.25) is 4.79 Å². The van der Waals surface area contributed by atoms with Crippen molar-refractivity contribution in [1.82, 2.24) is 9.80 Å². The summed E-state index contributed by atoms with van der Waals surface area (Å²) in [4.78, 5) is 27.3. The van der Waals surface area contributed by atoms with Gasteiger partial charge in [0.05, 0.1) is 7.11 Å². The van der Waals surface area contributed by atoms with Crippen LogP contribution in [0.1, 0.15) is 18.4 Å². The third-order valence-electron chi connectivity index (χ3n) is 3.92. The maximum absolute atomic E-state index is 12.4.